The molecule has 2 amide bonds. The van der Waals surface area contributed by atoms with Crippen LogP contribution in [0.1, 0.15) is 29.4 Å². The van der Waals surface area contributed by atoms with Gasteiger partial charge in [0, 0.05) is 24.0 Å². The van der Waals surface area contributed by atoms with Gasteiger partial charge in [0.05, 0.1) is 12.2 Å². The zero-order chi connectivity index (χ0) is 17.8. The second kappa shape index (κ2) is 7.25. The Morgan fingerprint density at radius 3 is 2.60 bits per heavy atom. The summed E-state index contributed by atoms with van der Waals surface area (Å²) in [7, 11) is 0. The smallest absolute Gasteiger partial charge is 0.239 e. The molecule has 2 heterocycles. The van der Waals surface area contributed by atoms with Gasteiger partial charge in [0.15, 0.2) is 5.78 Å². The average Bonchev–Trinajstić information content (AvgIpc) is 3.02. The Morgan fingerprint density at radius 1 is 1.20 bits per heavy atom. The van der Waals surface area contributed by atoms with Crippen molar-refractivity contribution in [2.24, 2.45) is 5.92 Å². The third-order valence-electron chi connectivity index (χ3n) is 4.28. The van der Waals surface area contributed by atoms with Gasteiger partial charge < -0.3 is 10.2 Å². The van der Waals surface area contributed by atoms with Crippen LogP contribution in [-0.2, 0) is 16.1 Å². The molecule has 25 heavy (non-hydrogen) atoms. The molecule has 6 heteroatoms. The normalized spacial score (nSPS) is 16.8. The van der Waals surface area contributed by atoms with Crippen LogP contribution in [0.5, 0.6) is 0 Å². The number of amides is 2. The van der Waals surface area contributed by atoms with Gasteiger partial charge in [-0.3, -0.25) is 19.4 Å². The van der Waals surface area contributed by atoms with E-state index in [0.717, 1.165) is 5.69 Å². The number of benzene rings is 1. The summed E-state index contributed by atoms with van der Waals surface area (Å²) in [5, 5.41) is 2.77. The summed E-state index contributed by atoms with van der Waals surface area (Å²) in [6.45, 7) is 2.29. The molecule has 1 aromatic heterocycles. The Kier molecular flexibility index (Phi) is 4.88. The monoisotopic (exact) mass is 337 g/mol. The topological polar surface area (TPSA) is 79.4 Å². The molecule has 0 aliphatic carbocycles. The average molecular weight is 337 g/mol. The largest absolute Gasteiger partial charge is 0.350 e. The SMILES string of the molecule is CC(=O)c1ccc(N2CCC(C(=O)NCc3ccccn3)C2=O)cc1. The van der Waals surface area contributed by atoms with Crippen molar-refractivity contribution in [2.75, 3.05) is 11.4 Å². The van der Waals surface area contributed by atoms with Crippen LogP contribution in [0.25, 0.3) is 0 Å². The highest BCUT2D eigenvalue weighted by molar-refractivity contribution is 6.09. The number of rotatable bonds is 5. The molecule has 2 aromatic rings. The highest BCUT2D eigenvalue weighted by atomic mass is 16.2. The molecule has 0 saturated carbocycles. The highest BCUT2D eigenvalue weighted by Gasteiger charge is 2.37. The number of anilines is 1. The van der Waals surface area contributed by atoms with Crippen LogP contribution in [0.3, 0.4) is 0 Å². The molecule has 0 radical (unpaired) electrons. The van der Waals surface area contributed by atoms with E-state index in [1.54, 1.807) is 41.4 Å². The van der Waals surface area contributed by atoms with Gasteiger partial charge in [0.1, 0.15) is 5.92 Å². The maximum absolute atomic E-state index is 12.6. The van der Waals surface area contributed by atoms with Gasteiger partial charge in [-0.2, -0.15) is 0 Å². The number of nitrogens with zero attached hydrogens (tertiary/aromatic N) is 2. The zero-order valence-electron chi connectivity index (χ0n) is 13.9. The van der Waals surface area contributed by atoms with Crippen molar-refractivity contribution in [1.82, 2.24) is 10.3 Å². The maximum Gasteiger partial charge on any atom is 0.239 e. The molecule has 3 rings (SSSR count). The molecule has 6 nitrogen and oxygen atoms in total. The Bertz CT molecular complexity index is 787. The molecule has 1 N–H and O–H groups in total. The predicted molar refractivity (Wildman–Crippen MR) is 93.0 cm³/mol. The lowest BCUT2D eigenvalue weighted by Crippen LogP contribution is -2.36. The summed E-state index contributed by atoms with van der Waals surface area (Å²) in [4.78, 5) is 41.9. The molecular formula is C19H19N3O3. The Balaban J connectivity index is 1.62. The summed E-state index contributed by atoms with van der Waals surface area (Å²) >= 11 is 0. The zero-order valence-corrected chi connectivity index (χ0v) is 13.9. The van der Waals surface area contributed by atoms with Crippen LogP contribution in [-0.4, -0.2) is 29.1 Å². The number of aromatic nitrogens is 1. The van der Waals surface area contributed by atoms with Crippen LogP contribution in [0.4, 0.5) is 5.69 Å². The van der Waals surface area contributed by atoms with Gasteiger partial charge in [0.25, 0.3) is 0 Å². The molecule has 128 valence electrons. The number of carbonyl (C=O) groups is 3. The number of nitrogens with one attached hydrogen (secondary N) is 1. The number of pyridine rings is 1. The first-order valence-electron chi connectivity index (χ1n) is 8.16. The lowest BCUT2D eigenvalue weighted by Gasteiger charge is -2.17. The molecular weight excluding hydrogens is 318 g/mol. The predicted octanol–water partition coefficient (Wildman–Crippen LogP) is 1.95. The third kappa shape index (κ3) is 3.74. The van der Waals surface area contributed by atoms with E-state index >= 15 is 0 Å². The minimum atomic E-state index is -0.684. The minimum absolute atomic E-state index is 0.0222. The van der Waals surface area contributed by atoms with E-state index in [1.165, 1.54) is 6.92 Å². The third-order valence-corrected chi connectivity index (χ3v) is 4.28. The van der Waals surface area contributed by atoms with Crippen molar-refractivity contribution >= 4 is 23.3 Å². The maximum atomic E-state index is 12.6. The first-order chi connectivity index (χ1) is 12.1. The van der Waals surface area contributed by atoms with E-state index in [1.807, 2.05) is 12.1 Å². The molecule has 1 unspecified atom stereocenters. The van der Waals surface area contributed by atoms with E-state index in [9.17, 15) is 14.4 Å². The van der Waals surface area contributed by atoms with Crippen LogP contribution in [0.2, 0.25) is 0 Å². The van der Waals surface area contributed by atoms with Crippen LogP contribution in [0.15, 0.2) is 48.7 Å². The Morgan fingerprint density at radius 2 is 1.96 bits per heavy atom. The number of hydrogen-bond donors (Lipinski definition) is 1. The van der Waals surface area contributed by atoms with E-state index in [2.05, 4.69) is 10.3 Å². The number of ketones is 1. The van der Waals surface area contributed by atoms with Crippen molar-refractivity contribution < 1.29 is 14.4 Å². The molecule has 1 aromatic carbocycles. The van der Waals surface area contributed by atoms with Crippen LogP contribution >= 0.6 is 0 Å². The Hall–Kier alpha value is -3.02. The Labute approximate surface area is 145 Å². The number of carbonyl (C=O) groups excluding carboxylic acids is 3. The minimum Gasteiger partial charge on any atom is -0.350 e. The van der Waals surface area contributed by atoms with Gasteiger partial charge in [-0.15, -0.1) is 0 Å². The summed E-state index contributed by atoms with van der Waals surface area (Å²) in [5.74, 6) is -1.20. The fourth-order valence-electron chi connectivity index (χ4n) is 2.86. The number of hydrogen-bond acceptors (Lipinski definition) is 4. The summed E-state index contributed by atoms with van der Waals surface area (Å²) < 4.78 is 0. The first-order valence-corrected chi connectivity index (χ1v) is 8.16. The standard InChI is InChI=1S/C19H19N3O3/c1-13(23)14-5-7-16(8-6-14)22-11-9-17(19(22)25)18(24)21-12-15-4-2-3-10-20-15/h2-8,10,17H,9,11-12H2,1H3,(H,21,24). The molecule has 1 fully saturated rings. The van der Waals surface area contributed by atoms with Crippen molar-refractivity contribution in [1.29, 1.82) is 0 Å². The van der Waals surface area contributed by atoms with Crippen molar-refractivity contribution in [3.8, 4) is 0 Å². The second-order valence-corrected chi connectivity index (χ2v) is 5.97. The molecule has 1 aliphatic heterocycles. The molecule has 1 aliphatic rings. The first kappa shape index (κ1) is 16.8. The van der Waals surface area contributed by atoms with Crippen molar-refractivity contribution in [2.45, 2.75) is 19.9 Å². The van der Waals surface area contributed by atoms with Gasteiger partial charge in [-0.05, 0) is 49.7 Å². The molecule has 1 atom stereocenters. The fourth-order valence-corrected chi connectivity index (χ4v) is 2.86. The summed E-state index contributed by atoms with van der Waals surface area (Å²) in [6.07, 6.45) is 2.13. The molecule has 0 bridgehead atoms. The van der Waals surface area contributed by atoms with E-state index < -0.39 is 5.92 Å². The lowest BCUT2D eigenvalue weighted by molar-refractivity contribution is -0.132. The van der Waals surface area contributed by atoms with E-state index in [0.29, 0.717) is 30.8 Å². The molecule has 1 saturated heterocycles. The second-order valence-electron chi connectivity index (χ2n) is 5.97. The van der Waals surface area contributed by atoms with Gasteiger partial charge in [-0.25, -0.2) is 0 Å². The van der Waals surface area contributed by atoms with E-state index in [4.69, 9.17) is 0 Å². The lowest BCUT2D eigenvalue weighted by atomic mass is 10.1. The quantitative estimate of drug-likeness (QED) is 0.668. The molecule has 0 spiro atoms. The van der Waals surface area contributed by atoms with Crippen LogP contribution in [0, 0.1) is 5.92 Å². The van der Waals surface area contributed by atoms with Crippen LogP contribution < -0.4 is 10.2 Å². The van der Waals surface area contributed by atoms with Gasteiger partial charge >= 0.3 is 0 Å². The van der Waals surface area contributed by atoms with Crippen molar-refractivity contribution in [3.63, 3.8) is 0 Å². The van der Waals surface area contributed by atoms with Gasteiger partial charge in [-0.1, -0.05) is 6.07 Å². The highest BCUT2D eigenvalue weighted by Crippen LogP contribution is 2.25. The fraction of sp³-hybridized carbons (Fsp3) is 0.263. The van der Waals surface area contributed by atoms with E-state index in [-0.39, 0.29) is 17.6 Å². The van der Waals surface area contributed by atoms with Gasteiger partial charge in [0.2, 0.25) is 11.8 Å². The van der Waals surface area contributed by atoms with Crippen molar-refractivity contribution in [3.05, 3.63) is 59.9 Å². The number of Topliss-reactive ketones (excluding diaryl/α,β-unsaturated/α-hetero) is 1. The summed E-state index contributed by atoms with van der Waals surface area (Å²) in [5.41, 5.74) is 2.05. The summed E-state index contributed by atoms with van der Waals surface area (Å²) in [6, 6.07) is 12.3.